The van der Waals surface area contributed by atoms with E-state index in [9.17, 15) is 14.9 Å². The van der Waals surface area contributed by atoms with Crippen molar-refractivity contribution in [3.63, 3.8) is 0 Å². The van der Waals surface area contributed by atoms with Gasteiger partial charge in [0.25, 0.3) is 11.2 Å². The molecule has 1 aliphatic rings. The summed E-state index contributed by atoms with van der Waals surface area (Å²) in [5.74, 6) is 0.378. The molecule has 3 rings (SSSR count). The van der Waals surface area contributed by atoms with Gasteiger partial charge >= 0.3 is 0 Å². The summed E-state index contributed by atoms with van der Waals surface area (Å²) < 4.78 is 0. The number of H-pyrrole nitrogens is 1. The van der Waals surface area contributed by atoms with Crippen LogP contribution in [0.15, 0.2) is 23.0 Å². The SMILES string of the molecule is Cc1ccc([N+](=O)[O-])cc1-c1nc2c(c(=O)[nH]1)CCNC2. The van der Waals surface area contributed by atoms with Gasteiger partial charge in [0.05, 0.1) is 10.6 Å². The number of hydrogen-bond donors (Lipinski definition) is 2. The summed E-state index contributed by atoms with van der Waals surface area (Å²) in [6.45, 7) is 3.13. The molecule has 0 atom stereocenters. The number of nitro benzene ring substituents is 1. The van der Waals surface area contributed by atoms with Gasteiger partial charge in [0.2, 0.25) is 0 Å². The minimum absolute atomic E-state index is 0.0194. The van der Waals surface area contributed by atoms with E-state index in [0.29, 0.717) is 35.6 Å². The number of fused-ring (bicyclic) bond motifs is 1. The van der Waals surface area contributed by atoms with Gasteiger partial charge in [0, 0.05) is 29.8 Å². The van der Waals surface area contributed by atoms with Crippen LogP contribution in [0.1, 0.15) is 16.8 Å². The highest BCUT2D eigenvalue weighted by Crippen LogP contribution is 2.25. The Balaban J connectivity index is 2.17. The highest BCUT2D eigenvalue weighted by molar-refractivity contribution is 5.63. The van der Waals surface area contributed by atoms with Crippen molar-refractivity contribution in [1.29, 1.82) is 0 Å². The van der Waals surface area contributed by atoms with Crippen LogP contribution in [0.25, 0.3) is 11.4 Å². The number of nitrogens with one attached hydrogen (secondary N) is 2. The van der Waals surface area contributed by atoms with E-state index < -0.39 is 4.92 Å². The lowest BCUT2D eigenvalue weighted by molar-refractivity contribution is -0.384. The van der Waals surface area contributed by atoms with E-state index in [1.54, 1.807) is 6.07 Å². The third-order valence-corrected chi connectivity index (χ3v) is 3.63. The Bertz CT molecular complexity index is 782. The van der Waals surface area contributed by atoms with E-state index in [0.717, 1.165) is 12.1 Å². The highest BCUT2D eigenvalue weighted by atomic mass is 16.6. The third kappa shape index (κ3) is 2.43. The Morgan fingerprint density at radius 1 is 1.38 bits per heavy atom. The molecule has 0 fully saturated rings. The van der Waals surface area contributed by atoms with Gasteiger partial charge in [-0.1, -0.05) is 6.07 Å². The van der Waals surface area contributed by atoms with Crippen molar-refractivity contribution >= 4 is 5.69 Å². The first kappa shape index (κ1) is 13.4. The van der Waals surface area contributed by atoms with Gasteiger partial charge in [-0.15, -0.1) is 0 Å². The molecule has 2 aromatic rings. The maximum absolute atomic E-state index is 12.1. The molecule has 1 aromatic heterocycles. The molecule has 21 heavy (non-hydrogen) atoms. The average molecular weight is 286 g/mol. The molecule has 0 unspecified atom stereocenters. The van der Waals surface area contributed by atoms with Gasteiger partial charge < -0.3 is 10.3 Å². The Morgan fingerprint density at radius 2 is 2.19 bits per heavy atom. The van der Waals surface area contributed by atoms with Crippen LogP contribution in [0.3, 0.4) is 0 Å². The number of aromatic amines is 1. The first-order chi connectivity index (χ1) is 10.1. The highest BCUT2D eigenvalue weighted by Gasteiger charge is 2.18. The largest absolute Gasteiger partial charge is 0.311 e. The fraction of sp³-hybridized carbons (Fsp3) is 0.286. The first-order valence-electron chi connectivity index (χ1n) is 6.64. The number of benzene rings is 1. The second-order valence-electron chi connectivity index (χ2n) is 5.02. The molecule has 1 aliphatic heterocycles. The topological polar surface area (TPSA) is 101 Å². The Kier molecular flexibility index (Phi) is 3.26. The van der Waals surface area contributed by atoms with Crippen molar-refractivity contribution in [3.05, 3.63) is 55.5 Å². The molecule has 2 N–H and O–H groups in total. The summed E-state index contributed by atoms with van der Waals surface area (Å²) in [5.41, 5.74) is 2.63. The number of aryl methyl sites for hydroxylation is 1. The van der Waals surface area contributed by atoms with Gasteiger partial charge in [-0.2, -0.15) is 0 Å². The molecule has 7 heteroatoms. The number of non-ortho nitro benzene ring substituents is 1. The van der Waals surface area contributed by atoms with Crippen molar-refractivity contribution in [2.24, 2.45) is 0 Å². The van der Waals surface area contributed by atoms with Crippen LogP contribution in [0.5, 0.6) is 0 Å². The monoisotopic (exact) mass is 286 g/mol. The normalized spacial score (nSPS) is 13.8. The summed E-state index contributed by atoms with van der Waals surface area (Å²) in [7, 11) is 0. The molecule has 108 valence electrons. The molecule has 0 amide bonds. The van der Waals surface area contributed by atoms with Crippen molar-refractivity contribution in [1.82, 2.24) is 15.3 Å². The van der Waals surface area contributed by atoms with Gasteiger partial charge in [-0.05, 0) is 25.5 Å². The summed E-state index contributed by atoms with van der Waals surface area (Å²) in [4.78, 5) is 29.8. The van der Waals surface area contributed by atoms with Crippen LogP contribution < -0.4 is 10.9 Å². The molecule has 0 spiro atoms. The van der Waals surface area contributed by atoms with Crippen LogP contribution in [0.2, 0.25) is 0 Å². The summed E-state index contributed by atoms with van der Waals surface area (Å²) >= 11 is 0. The van der Waals surface area contributed by atoms with E-state index in [-0.39, 0.29) is 11.2 Å². The van der Waals surface area contributed by atoms with E-state index in [4.69, 9.17) is 0 Å². The van der Waals surface area contributed by atoms with Gasteiger partial charge in [0.1, 0.15) is 5.82 Å². The number of hydrogen-bond acceptors (Lipinski definition) is 5. The minimum atomic E-state index is -0.457. The number of rotatable bonds is 2. The summed E-state index contributed by atoms with van der Waals surface area (Å²) in [6, 6.07) is 4.54. The van der Waals surface area contributed by atoms with Gasteiger partial charge in [-0.25, -0.2) is 4.98 Å². The molecule has 0 aliphatic carbocycles. The zero-order chi connectivity index (χ0) is 15.0. The maximum atomic E-state index is 12.1. The lowest BCUT2D eigenvalue weighted by Crippen LogP contribution is -2.31. The van der Waals surface area contributed by atoms with E-state index in [1.165, 1.54) is 12.1 Å². The van der Waals surface area contributed by atoms with Crippen LogP contribution in [-0.2, 0) is 13.0 Å². The van der Waals surface area contributed by atoms with Crippen molar-refractivity contribution in [2.75, 3.05) is 6.54 Å². The second kappa shape index (κ2) is 5.10. The van der Waals surface area contributed by atoms with Crippen molar-refractivity contribution in [2.45, 2.75) is 19.9 Å². The Labute approximate surface area is 120 Å². The molecule has 0 saturated carbocycles. The quantitative estimate of drug-likeness (QED) is 0.640. The smallest absolute Gasteiger partial charge is 0.270 e. The van der Waals surface area contributed by atoms with Gasteiger partial charge in [-0.3, -0.25) is 14.9 Å². The summed E-state index contributed by atoms with van der Waals surface area (Å²) in [6.07, 6.45) is 0.645. The van der Waals surface area contributed by atoms with Gasteiger partial charge in [0.15, 0.2) is 0 Å². The molecule has 0 saturated heterocycles. The number of nitro groups is 1. The van der Waals surface area contributed by atoms with Crippen LogP contribution in [0.4, 0.5) is 5.69 Å². The fourth-order valence-corrected chi connectivity index (χ4v) is 2.47. The molecular weight excluding hydrogens is 272 g/mol. The molecular formula is C14H14N4O3. The first-order valence-corrected chi connectivity index (χ1v) is 6.64. The molecule has 1 aromatic carbocycles. The molecule has 0 bridgehead atoms. The van der Waals surface area contributed by atoms with E-state index in [2.05, 4.69) is 15.3 Å². The number of aromatic nitrogens is 2. The molecule has 7 nitrogen and oxygen atoms in total. The van der Waals surface area contributed by atoms with Crippen molar-refractivity contribution < 1.29 is 4.92 Å². The van der Waals surface area contributed by atoms with E-state index in [1.807, 2.05) is 6.92 Å². The number of nitrogens with zero attached hydrogens (tertiary/aromatic N) is 2. The third-order valence-electron chi connectivity index (χ3n) is 3.63. The maximum Gasteiger partial charge on any atom is 0.270 e. The van der Waals surface area contributed by atoms with Crippen LogP contribution in [0, 0.1) is 17.0 Å². The Hall–Kier alpha value is -2.54. The fourth-order valence-electron chi connectivity index (χ4n) is 2.47. The predicted octanol–water partition coefficient (Wildman–Crippen LogP) is 1.30. The summed E-state index contributed by atoms with van der Waals surface area (Å²) in [5, 5.41) is 14.1. The van der Waals surface area contributed by atoms with Crippen LogP contribution >= 0.6 is 0 Å². The standard InChI is InChI=1S/C14H14N4O3/c1-8-2-3-9(18(20)21)6-11(8)13-16-12-7-15-5-4-10(12)14(19)17-13/h2-3,6,15H,4-5,7H2,1H3,(H,16,17,19). The Morgan fingerprint density at radius 3 is 2.95 bits per heavy atom. The zero-order valence-corrected chi connectivity index (χ0v) is 11.5. The average Bonchev–Trinajstić information content (AvgIpc) is 2.47. The van der Waals surface area contributed by atoms with E-state index >= 15 is 0 Å². The lowest BCUT2D eigenvalue weighted by atomic mass is 10.1. The molecule has 0 radical (unpaired) electrons. The minimum Gasteiger partial charge on any atom is -0.311 e. The predicted molar refractivity (Wildman–Crippen MR) is 77.1 cm³/mol. The molecule has 2 heterocycles. The van der Waals surface area contributed by atoms with Crippen LogP contribution in [-0.4, -0.2) is 21.4 Å². The van der Waals surface area contributed by atoms with Crippen molar-refractivity contribution in [3.8, 4) is 11.4 Å². The second-order valence-corrected chi connectivity index (χ2v) is 5.02. The lowest BCUT2D eigenvalue weighted by Gasteiger charge is -2.16. The zero-order valence-electron chi connectivity index (χ0n) is 11.5.